The number of rotatable bonds is 7. The Bertz CT molecular complexity index is 434. The maximum Gasteiger partial charge on any atom is 0.332 e. The van der Waals surface area contributed by atoms with Gasteiger partial charge in [-0.05, 0) is 24.3 Å². The number of carboxylic acid groups (broad SMARTS) is 1. The van der Waals surface area contributed by atoms with Gasteiger partial charge in [0.05, 0.1) is 0 Å². The lowest BCUT2D eigenvalue weighted by molar-refractivity contribution is -0.147. The number of aliphatic hydroxyl groups excluding tert-OH is 1. The minimum Gasteiger partial charge on any atom is -0.484 e. The van der Waals surface area contributed by atoms with Crippen LogP contribution in [0.15, 0.2) is 28.7 Å². The molecule has 1 unspecified atom stereocenters. The SMILES string of the molecule is O=C(COc1ccc(Br)cc1)NCCC(O)C(=O)O. The first-order valence-corrected chi connectivity index (χ1v) is 6.34. The van der Waals surface area contributed by atoms with E-state index in [9.17, 15) is 9.59 Å². The summed E-state index contributed by atoms with van der Waals surface area (Å²) in [5, 5.41) is 19.9. The largest absolute Gasteiger partial charge is 0.484 e. The molecule has 0 spiro atoms. The highest BCUT2D eigenvalue weighted by Gasteiger charge is 2.12. The highest BCUT2D eigenvalue weighted by atomic mass is 79.9. The number of aliphatic carboxylic acids is 1. The number of amides is 1. The Kier molecular flexibility index (Phi) is 6.31. The topological polar surface area (TPSA) is 95.9 Å². The average molecular weight is 332 g/mol. The van der Waals surface area contributed by atoms with Crippen molar-refractivity contribution in [3.63, 3.8) is 0 Å². The van der Waals surface area contributed by atoms with Gasteiger partial charge in [-0.25, -0.2) is 4.79 Å². The van der Waals surface area contributed by atoms with E-state index in [1.807, 2.05) is 0 Å². The molecule has 7 heteroatoms. The Morgan fingerprint density at radius 3 is 2.53 bits per heavy atom. The van der Waals surface area contributed by atoms with Crippen LogP contribution < -0.4 is 10.1 Å². The molecule has 6 nitrogen and oxygen atoms in total. The Balaban J connectivity index is 2.21. The quantitative estimate of drug-likeness (QED) is 0.686. The molecule has 0 bridgehead atoms. The number of hydrogen-bond donors (Lipinski definition) is 3. The molecule has 0 saturated carbocycles. The van der Waals surface area contributed by atoms with Crippen LogP contribution in [0.1, 0.15) is 6.42 Å². The third kappa shape index (κ3) is 6.21. The van der Waals surface area contributed by atoms with Crippen LogP contribution >= 0.6 is 15.9 Å². The van der Waals surface area contributed by atoms with Crippen LogP contribution in [0.3, 0.4) is 0 Å². The molecular formula is C12H14BrNO5. The first-order chi connectivity index (χ1) is 8.99. The minimum absolute atomic E-state index is 0.0423. The molecule has 3 N–H and O–H groups in total. The molecule has 0 aliphatic rings. The second-order valence-electron chi connectivity index (χ2n) is 3.74. The third-order valence-electron chi connectivity index (χ3n) is 2.21. The molecule has 19 heavy (non-hydrogen) atoms. The smallest absolute Gasteiger partial charge is 0.332 e. The van der Waals surface area contributed by atoms with Crippen molar-refractivity contribution >= 4 is 27.8 Å². The number of benzene rings is 1. The number of halogens is 1. The van der Waals surface area contributed by atoms with Crippen LogP contribution in [0.2, 0.25) is 0 Å². The normalized spacial score (nSPS) is 11.7. The third-order valence-corrected chi connectivity index (χ3v) is 2.74. The minimum atomic E-state index is -1.47. The molecule has 0 fully saturated rings. The molecule has 0 aliphatic heterocycles. The lowest BCUT2D eigenvalue weighted by Gasteiger charge is -2.08. The van der Waals surface area contributed by atoms with Gasteiger partial charge < -0.3 is 20.3 Å². The van der Waals surface area contributed by atoms with Gasteiger partial charge in [0.1, 0.15) is 5.75 Å². The van der Waals surface area contributed by atoms with Crippen molar-refractivity contribution in [2.24, 2.45) is 0 Å². The number of nitrogens with one attached hydrogen (secondary N) is 1. The van der Waals surface area contributed by atoms with Crippen LogP contribution in [0.5, 0.6) is 5.75 Å². The number of carbonyl (C=O) groups excluding carboxylic acids is 1. The van der Waals surface area contributed by atoms with Crippen molar-refractivity contribution in [3.8, 4) is 5.75 Å². The molecule has 1 aromatic carbocycles. The van der Waals surface area contributed by atoms with E-state index in [4.69, 9.17) is 14.9 Å². The maximum atomic E-state index is 11.4. The van der Waals surface area contributed by atoms with Crippen LogP contribution in [0, 0.1) is 0 Å². The van der Waals surface area contributed by atoms with Crippen molar-refractivity contribution in [3.05, 3.63) is 28.7 Å². The number of carbonyl (C=O) groups is 2. The molecule has 0 heterocycles. The van der Waals surface area contributed by atoms with Crippen LogP contribution in [0.25, 0.3) is 0 Å². The van der Waals surface area contributed by atoms with Crippen molar-refractivity contribution in [2.75, 3.05) is 13.2 Å². The lowest BCUT2D eigenvalue weighted by Crippen LogP contribution is -2.33. The summed E-state index contributed by atoms with van der Waals surface area (Å²) in [6.07, 6.45) is -1.51. The van der Waals surface area contributed by atoms with Crippen molar-refractivity contribution < 1.29 is 24.5 Å². The van der Waals surface area contributed by atoms with Gasteiger partial charge >= 0.3 is 5.97 Å². The standard InChI is InChI=1S/C12H14BrNO5/c13-8-1-3-9(4-2-8)19-7-11(16)14-6-5-10(15)12(17)18/h1-4,10,15H,5-7H2,(H,14,16)(H,17,18). The Hall–Kier alpha value is -1.60. The van der Waals surface area contributed by atoms with Gasteiger partial charge in [-0.1, -0.05) is 15.9 Å². The zero-order chi connectivity index (χ0) is 14.3. The predicted molar refractivity (Wildman–Crippen MR) is 70.9 cm³/mol. The van der Waals surface area contributed by atoms with E-state index in [-0.39, 0.29) is 25.5 Å². The van der Waals surface area contributed by atoms with Crippen LogP contribution in [0.4, 0.5) is 0 Å². The first-order valence-electron chi connectivity index (χ1n) is 5.55. The zero-order valence-corrected chi connectivity index (χ0v) is 11.6. The number of carboxylic acids is 1. The predicted octanol–water partition coefficient (Wildman–Crippen LogP) is 0.780. The summed E-state index contributed by atoms with van der Waals surface area (Å²) < 4.78 is 6.13. The van der Waals surface area contributed by atoms with Gasteiger partial charge in [-0.15, -0.1) is 0 Å². The van der Waals surface area contributed by atoms with E-state index in [0.717, 1.165) is 4.47 Å². The van der Waals surface area contributed by atoms with Crippen molar-refractivity contribution in [1.29, 1.82) is 0 Å². The summed E-state index contributed by atoms with van der Waals surface area (Å²) in [6, 6.07) is 7.00. The van der Waals surface area contributed by atoms with Crippen molar-refractivity contribution in [1.82, 2.24) is 5.32 Å². The van der Waals surface area contributed by atoms with E-state index in [1.165, 1.54) is 0 Å². The first kappa shape index (κ1) is 15.5. The van der Waals surface area contributed by atoms with Crippen molar-refractivity contribution in [2.45, 2.75) is 12.5 Å². The van der Waals surface area contributed by atoms with Crippen LogP contribution in [-0.4, -0.2) is 41.3 Å². The second-order valence-corrected chi connectivity index (χ2v) is 4.65. The van der Waals surface area contributed by atoms with Gasteiger partial charge in [-0.3, -0.25) is 4.79 Å². The average Bonchev–Trinajstić information content (AvgIpc) is 2.37. The summed E-state index contributed by atoms with van der Waals surface area (Å²) in [5.41, 5.74) is 0. The fraction of sp³-hybridized carbons (Fsp3) is 0.333. The molecule has 0 aliphatic carbocycles. The van der Waals surface area contributed by atoms with E-state index in [2.05, 4.69) is 21.2 Å². The monoisotopic (exact) mass is 331 g/mol. The van der Waals surface area contributed by atoms with E-state index in [1.54, 1.807) is 24.3 Å². The number of hydrogen-bond acceptors (Lipinski definition) is 4. The molecule has 0 radical (unpaired) electrons. The summed E-state index contributed by atoms with van der Waals surface area (Å²) in [7, 11) is 0. The van der Waals surface area contributed by atoms with E-state index in [0.29, 0.717) is 5.75 Å². The van der Waals surface area contributed by atoms with Gasteiger partial charge in [0.25, 0.3) is 5.91 Å². The van der Waals surface area contributed by atoms with E-state index >= 15 is 0 Å². The maximum absolute atomic E-state index is 11.4. The van der Waals surface area contributed by atoms with Gasteiger partial charge in [-0.2, -0.15) is 0 Å². The van der Waals surface area contributed by atoms with Gasteiger partial charge in [0.15, 0.2) is 12.7 Å². The Morgan fingerprint density at radius 1 is 1.32 bits per heavy atom. The fourth-order valence-electron chi connectivity index (χ4n) is 1.20. The summed E-state index contributed by atoms with van der Waals surface area (Å²) in [4.78, 5) is 21.7. The molecule has 104 valence electrons. The molecule has 0 aromatic heterocycles. The van der Waals surface area contributed by atoms with Gasteiger partial charge in [0.2, 0.25) is 0 Å². The van der Waals surface area contributed by atoms with Gasteiger partial charge in [0, 0.05) is 17.4 Å². The summed E-state index contributed by atoms with van der Waals surface area (Å²) in [6.45, 7) is -0.0825. The Morgan fingerprint density at radius 2 is 1.95 bits per heavy atom. The van der Waals surface area contributed by atoms with E-state index < -0.39 is 12.1 Å². The fourth-order valence-corrected chi connectivity index (χ4v) is 1.47. The molecule has 1 amide bonds. The molecule has 1 aromatic rings. The number of ether oxygens (including phenoxy) is 1. The highest BCUT2D eigenvalue weighted by Crippen LogP contribution is 2.15. The number of aliphatic hydroxyl groups is 1. The molecule has 1 rings (SSSR count). The summed E-state index contributed by atoms with van der Waals surface area (Å²) >= 11 is 3.28. The van der Waals surface area contributed by atoms with Crippen LogP contribution in [-0.2, 0) is 9.59 Å². The Labute approximate surface area is 118 Å². The lowest BCUT2D eigenvalue weighted by atomic mass is 10.2. The highest BCUT2D eigenvalue weighted by molar-refractivity contribution is 9.10. The molecular weight excluding hydrogens is 318 g/mol. The molecule has 0 saturated heterocycles. The summed E-state index contributed by atoms with van der Waals surface area (Å²) in [5.74, 6) is -1.12. The molecule has 1 atom stereocenters. The zero-order valence-electron chi connectivity index (χ0n) is 10.0. The second kappa shape index (κ2) is 7.75.